The van der Waals surface area contributed by atoms with Crippen molar-refractivity contribution in [3.63, 3.8) is 0 Å². The molecule has 170 valence electrons. The third-order valence-corrected chi connectivity index (χ3v) is 7.99. The summed E-state index contributed by atoms with van der Waals surface area (Å²) in [7, 11) is -2.15. The summed E-state index contributed by atoms with van der Waals surface area (Å²) in [6.45, 7) is 1.11. The van der Waals surface area contributed by atoms with Crippen LogP contribution in [0.5, 0.6) is 5.75 Å². The number of hydrogen-bond acceptors (Lipinski definition) is 6. The molecule has 0 N–H and O–H groups in total. The first-order chi connectivity index (χ1) is 15.2. The van der Waals surface area contributed by atoms with Gasteiger partial charge in [-0.1, -0.05) is 23.2 Å². The van der Waals surface area contributed by atoms with Crippen molar-refractivity contribution in [1.82, 2.24) is 9.21 Å². The number of amides is 2. The van der Waals surface area contributed by atoms with Crippen molar-refractivity contribution >= 4 is 50.7 Å². The SMILES string of the molecule is COc1ccc(S(=O)(=O)N2CCN(C3CC(=O)N(c4cc(Cl)cc(Cl)c4)C3=O)CC2)cc1. The highest BCUT2D eigenvalue weighted by atomic mass is 35.5. The topological polar surface area (TPSA) is 87.2 Å². The number of piperazine rings is 1. The molecule has 0 radical (unpaired) electrons. The average molecular weight is 498 g/mol. The number of carbonyl (C=O) groups excluding carboxylic acids is 2. The molecule has 0 spiro atoms. The molecule has 2 aliphatic heterocycles. The molecule has 2 aromatic rings. The fourth-order valence-corrected chi connectivity index (χ4v) is 5.93. The van der Waals surface area contributed by atoms with Crippen molar-refractivity contribution in [1.29, 1.82) is 0 Å². The average Bonchev–Trinajstić information content (AvgIpc) is 3.07. The van der Waals surface area contributed by atoms with Crippen LogP contribution >= 0.6 is 23.2 Å². The van der Waals surface area contributed by atoms with Crippen molar-refractivity contribution in [2.45, 2.75) is 17.4 Å². The molecule has 4 rings (SSSR count). The van der Waals surface area contributed by atoms with Crippen molar-refractivity contribution in [3.05, 3.63) is 52.5 Å². The molecule has 8 nitrogen and oxygen atoms in total. The lowest BCUT2D eigenvalue weighted by Crippen LogP contribution is -2.53. The zero-order valence-corrected chi connectivity index (χ0v) is 19.5. The van der Waals surface area contributed by atoms with E-state index in [0.29, 0.717) is 34.6 Å². The van der Waals surface area contributed by atoms with Gasteiger partial charge in [0.15, 0.2) is 0 Å². The molecule has 1 unspecified atom stereocenters. The molecule has 32 heavy (non-hydrogen) atoms. The summed E-state index contributed by atoms with van der Waals surface area (Å²) in [4.78, 5) is 28.8. The minimum Gasteiger partial charge on any atom is -0.497 e. The predicted octanol–water partition coefficient (Wildman–Crippen LogP) is 2.64. The Kier molecular flexibility index (Phi) is 6.46. The Morgan fingerprint density at radius 1 is 0.938 bits per heavy atom. The Morgan fingerprint density at radius 2 is 1.53 bits per heavy atom. The van der Waals surface area contributed by atoms with Gasteiger partial charge in [-0.25, -0.2) is 13.3 Å². The van der Waals surface area contributed by atoms with Gasteiger partial charge in [0.05, 0.1) is 30.2 Å². The molecule has 2 amide bonds. The lowest BCUT2D eigenvalue weighted by molar-refractivity contribution is -0.123. The zero-order chi connectivity index (χ0) is 23.0. The molecule has 2 heterocycles. The first-order valence-electron chi connectivity index (χ1n) is 9.92. The number of benzene rings is 2. The van der Waals surface area contributed by atoms with E-state index in [2.05, 4.69) is 0 Å². The van der Waals surface area contributed by atoms with Crippen LogP contribution in [0.4, 0.5) is 5.69 Å². The van der Waals surface area contributed by atoms with E-state index < -0.39 is 16.1 Å². The number of sulfonamides is 1. The number of rotatable bonds is 5. The summed E-state index contributed by atoms with van der Waals surface area (Å²) in [5.41, 5.74) is 0.334. The minimum absolute atomic E-state index is 0.0220. The molecular weight excluding hydrogens is 477 g/mol. The predicted molar refractivity (Wildman–Crippen MR) is 121 cm³/mol. The van der Waals surface area contributed by atoms with Crippen LogP contribution in [-0.4, -0.2) is 68.8 Å². The fourth-order valence-electron chi connectivity index (χ4n) is 3.99. The number of hydrogen-bond donors (Lipinski definition) is 0. The normalized spacial score (nSPS) is 20.7. The van der Waals surface area contributed by atoms with E-state index in [4.69, 9.17) is 27.9 Å². The summed E-state index contributed by atoms with van der Waals surface area (Å²) >= 11 is 12.0. The van der Waals surface area contributed by atoms with Crippen LogP contribution in [0, 0.1) is 0 Å². The van der Waals surface area contributed by atoms with E-state index in [0.717, 1.165) is 4.90 Å². The van der Waals surface area contributed by atoms with Crippen LogP contribution in [0.15, 0.2) is 47.4 Å². The summed E-state index contributed by atoms with van der Waals surface area (Å²) in [6.07, 6.45) is 0.0220. The number of halogens is 2. The maximum atomic E-state index is 13.0. The summed E-state index contributed by atoms with van der Waals surface area (Å²) in [6, 6.07) is 10.1. The quantitative estimate of drug-likeness (QED) is 0.590. The highest BCUT2D eigenvalue weighted by Gasteiger charge is 2.44. The van der Waals surface area contributed by atoms with E-state index in [1.165, 1.54) is 41.7 Å². The molecule has 0 aromatic heterocycles. The second-order valence-electron chi connectivity index (χ2n) is 7.53. The monoisotopic (exact) mass is 497 g/mol. The van der Waals surface area contributed by atoms with Crippen molar-refractivity contribution in [2.24, 2.45) is 0 Å². The Morgan fingerprint density at radius 3 is 2.09 bits per heavy atom. The molecule has 1 atom stereocenters. The second kappa shape index (κ2) is 8.99. The van der Waals surface area contributed by atoms with Gasteiger partial charge in [0.1, 0.15) is 5.75 Å². The maximum absolute atomic E-state index is 13.0. The van der Waals surface area contributed by atoms with Crippen LogP contribution in [0.1, 0.15) is 6.42 Å². The van der Waals surface area contributed by atoms with Gasteiger partial charge in [0, 0.05) is 36.2 Å². The van der Waals surface area contributed by atoms with Gasteiger partial charge in [0.25, 0.3) is 5.91 Å². The molecule has 0 aliphatic carbocycles. The molecule has 2 fully saturated rings. The number of methoxy groups -OCH3 is 1. The largest absolute Gasteiger partial charge is 0.497 e. The first-order valence-corrected chi connectivity index (χ1v) is 12.1. The molecule has 0 bridgehead atoms. The molecule has 2 aromatic carbocycles. The number of nitrogens with zero attached hydrogens (tertiary/aromatic N) is 3. The van der Waals surface area contributed by atoms with Crippen molar-refractivity contribution < 1.29 is 22.7 Å². The third kappa shape index (κ3) is 4.35. The zero-order valence-electron chi connectivity index (χ0n) is 17.2. The third-order valence-electron chi connectivity index (χ3n) is 5.64. The van der Waals surface area contributed by atoms with Crippen LogP contribution in [0.25, 0.3) is 0 Å². The number of ether oxygens (including phenoxy) is 1. The number of carbonyl (C=O) groups is 2. The lowest BCUT2D eigenvalue weighted by atomic mass is 10.2. The smallest absolute Gasteiger partial charge is 0.251 e. The lowest BCUT2D eigenvalue weighted by Gasteiger charge is -2.36. The number of imide groups is 1. The van der Waals surface area contributed by atoms with E-state index in [-0.39, 0.29) is 36.2 Å². The van der Waals surface area contributed by atoms with Gasteiger partial charge < -0.3 is 4.74 Å². The van der Waals surface area contributed by atoms with Crippen LogP contribution in [0.3, 0.4) is 0 Å². The summed E-state index contributed by atoms with van der Waals surface area (Å²) in [5.74, 6) is -0.130. The van der Waals surface area contributed by atoms with E-state index in [9.17, 15) is 18.0 Å². The van der Waals surface area contributed by atoms with Gasteiger partial charge in [-0.05, 0) is 42.5 Å². The fraction of sp³-hybridized carbons (Fsp3) is 0.333. The highest BCUT2D eigenvalue weighted by molar-refractivity contribution is 7.89. The van der Waals surface area contributed by atoms with Crippen LogP contribution in [0.2, 0.25) is 10.0 Å². The Bertz CT molecular complexity index is 1130. The van der Waals surface area contributed by atoms with Gasteiger partial charge >= 0.3 is 0 Å². The first kappa shape index (κ1) is 23.0. The summed E-state index contributed by atoms with van der Waals surface area (Å²) in [5, 5.41) is 0.655. The van der Waals surface area contributed by atoms with Crippen molar-refractivity contribution in [2.75, 3.05) is 38.2 Å². The van der Waals surface area contributed by atoms with Crippen LogP contribution < -0.4 is 9.64 Å². The Labute approximate surface area is 196 Å². The minimum atomic E-state index is -3.66. The van der Waals surface area contributed by atoms with E-state index >= 15 is 0 Å². The Balaban J connectivity index is 1.45. The highest BCUT2D eigenvalue weighted by Crippen LogP contribution is 2.31. The van der Waals surface area contributed by atoms with Gasteiger partial charge in [0.2, 0.25) is 15.9 Å². The Hall–Kier alpha value is -2.17. The maximum Gasteiger partial charge on any atom is 0.251 e. The van der Waals surface area contributed by atoms with Gasteiger partial charge in [-0.15, -0.1) is 0 Å². The standard InChI is InChI=1S/C21H21Cl2N3O5S/c1-31-17-2-4-18(5-3-17)32(29,30)25-8-6-24(7-9-25)19-13-20(27)26(21(19)28)16-11-14(22)10-15(23)12-16/h2-5,10-12,19H,6-9,13H2,1H3. The summed E-state index contributed by atoms with van der Waals surface area (Å²) < 4.78 is 32.4. The van der Waals surface area contributed by atoms with Crippen LogP contribution in [-0.2, 0) is 19.6 Å². The van der Waals surface area contributed by atoms with Crippen molar-refractivity contribution in [3.8, 4) is 5.75 Å². The van der Waals surface area contributed by atoms with Gasteiger partial charge in [-0.3, -0.25) is 14.5 Å². The molecule has 11 heteroatoms. The molecular formula is C21H21Cl2N3O5S. The molecule has 2 saturated heterocycles. The van der Waals surface area contributed by atoms with Gasteiger partial charge in [-0.2, -0.15) is 4.31 Å². The number of anilines is 1. The second-order valence-corrected chi connectivity index (χ2v) is 10.3. The molecule has 0 saturated carbocycles. The molecule has 2 aliphatic rings. The van der Waals surface area contributed by atoms with E-state index in [1.807, 2.05) is 4.90 Å². The van der Waals surface area contributed by atoms with E-state index in [1.54, 1.807) is 12.1 Å².